The van der Waals surface area contributed by atoms with Crippen molar-refractivity contribution in [1.29, 1.82) is 0 Å². The molecule has 0 radical (unpaired) electrons. The number of H-pyrrole nitrogens is 1. The molecule has 0 saturated carbocycles. The third-order valence-electron chi connectivity index (χ3n) is 5.74. The van der Waals surface area contributed by atoms with Crippen molar-refractivity contribution in [2.75, 3.05) is 5.32 Å². The molecule has 3 aromatic heterocycles. The Hall–Kier alpha value is -3.75. The molecule has 35 heavy (non-hydrogen) atoms. The summed E-state index contributed by atoms with van der Waals surface area (Å²) in [5, 5.41) is 3.07. The summed E-state index contributed by atoms with van der Waals surface area (Å²) in [7, 11) is -3.82. The third kappa shape index (κ3) is 4.50. The fraction of sp³-hybridized carbons (Fsp3) is 0.0769. The number of sulfone groups is 1. The summed E-state index contributed by atoms with van der Waals surface area (Å²) in [6.45, 7) is 0.137. The molecule has 5 rings (SSSR count). The maximum Gasteiger partial charge on any atom is 0.189 e. The largest absolute Gasteiger partial charge is 0.366 e. The molecular formula is C26H20ClFN4O2S. The number of fused-ring (bicyclic) bond motifs is 1. The summed E-state index contributed by atoms with van der Waals surface area (Å²) in [5.74, 6) is 0.0492. The van der Waals surface area contributed by atoms with Gasteiger partial charge < -0.3 is 10.3 Å². The fourth-order valence-electron chi connectivity index (χ4n) is 4.01. The number of anilines is 1. The molecule has 0 aliphatic carbocycles. The Balaban J connectivity index is 1.52. The van der Waals surface area contributed by atoms with Gasteiger partial charge in [0.1, 0.15) is 22.5 Å². The third-order valence-corrected chi connectivity index (χ3v) is 8.17. The summed E-state index contributed by atoms with van der Waals surface area (Å²) in [4.78, 5) is 12.0. The van der Waals surface area contributed by atoms with Crippen LogP contribution in [0.15, 0.2) is 96.3 Å². The minimum atomic E-state index is -3.82. The van der Waals surface area contributed by atoms with Crippen molar-refractivity contribution in [3.8, 4) is 0 Å². The molecule has 2 aromatic carbocycles. The first-order chi connectivity index (χ1) is 16.9. The van der Waals surface area contributed by atoms with Crippen LogP contribution in [0.5, 0.6) is 0 Å². The van der Waals surface area contributed by atoms with Crippen molar-refractivity contribution in [1.82, 2.24) is 15.0 Å². The van der Waals surface area contributed by atoms with Gasteiger partial charge in [0.15, 0.2) is 9.84 Å². The second-order valence-electron chi connectivity index (χ2n) is 7.91. The van der Waals surface area contributed by atoms with Crippen LogP contribution < -0.4 is 5.32 Å². The van der Waals surface area contributed by atoms with Crippen LogP contribution in [0.4, 0.5) is 10.2 Å². The number of aromatic nitrogens is 3. The molecule has 9 heteroatoms. The van der Waals surface area contributed by atoms with E-state index < -0.39 is 20.9 Å². The van der Waals surface area contributed by atoms with E-state index >= 15 is 0 Å². The van der Waals surface area contributed by atoms with Crippen molar-refractivity contribution in [2.24, 2.45) is 0 Å². The molecule has 0 fully saturated rings. The lowest BCUT2D eigenvalue weighted by Crippen LogP contribution is -2.15. The maximum absolute atomic E-state index is 14.1. The lowest BCUT2D eigenvalue weighted by Gasteiger charge is -2.18. The number of benzene rings is 2. The van der Waals surface area contributed by atoms with E-state index in [-0.39, 0.29) is 11.4 Å². The number of hydrogen-bond acceptors (Lipinski definition) is 5. The molecule has 0 spiro atoms. The zero-order chi connectivity index (χ0) is 24.4. The maximum atomic E-state index is 14.1. The Morgan fingerprint density at radius 3 is 2.54 bits per heavy atom. The minimum Gasteiger partial charge on any atom is -0.366 e. The summed E-state index contributed by atoms with van der Waals surface area (Å²) in [6.07, 6.45) is 4.84. The Labute approximate surface area is 206 Å². The molecule has 5 aromatic rings. The van der Waals surface area contributed by atoms with Crippen LogP contribution in [0.25, 0.3) is 11.0 Å². The van der Waals surface area contributed by atoms with E-state index in [4.69, 9.17) is 11.6 Å². The highest BCUT2D eigenvalue weighted by Crippen LogP contribution is 2.38. The predicted molar refractivity (Wildman–Crippen MR) is 135 cm³/mol. The zero-order valence-corrected chi connectivity index (χ0v) is 19.9. The smallest absolute Gasteiger partial charge is 0.189 e. The minimum absolute atomic E-state index is 0.137. The normalized spacial score (nSPS) is 12.5. The van der Waals surface area contributed by atoms with Gasteiger partial charge in [-0.2, -0.15) is 0 Å². The Morgan fingerprint density at radius 1 is 0.971 bits per heavy atom. The first-order valence-corrected chi connectivity index (χ1v) is 12.7. The van der Waals surface area contributed by atoms with Crippen molar-refractivity contribution in [3.63, 3.8) is 0 Å². The molecule has 0 saturated heterocycles. The molecule has 0 bridgehead atoms. The molecule has 3 heterocycles. The van der Waals surface area contributed by atoms with Gasteiger partial charge in [-0.3, -0.25) is 0 Å². The van der Waals surface area contributed by atoms with Crippen molar-refractivity contribution < 1.29 is 12.8 Å². The SMILES string of the molecule is O=S(=O)(c1ccccc1)C(c1ccc(NCc2c(F)cccc2Cl)nc1)c1c[nH]c2ncccc12. The molecular weight excluding hydrogens is 487 g/mol. The summed E-state index contributed by atoms with van der Waals surface area (Å²) in [5.41, 5.74) is 2.00. The van der Waals surface area contributed by atoms with Crippen molar-refractivity contribution >= 4 is 38.3 Å². The Kier molecular flexibility index (Phi) is 6.23. The number of nitrogens with one attached hydrogen (secondary N) is 2. The standard InChI is InChI=1S/C26H20ClFN4O2S/c27-22-9-4-10-23(28)21(22)16-31-24-12-11-17(14-30-24)25(35(33,34)18-6-2-1-3-7-18)20-15-32-26-19(20)8-5-13-29-26/h1-15,25H,16H2,(H,29,32)(H,30,31). The van der Waals surface area contributed by atoms with Gasteiger partial charge in [0.05, 0.1) is 4.90 Å². The van der Waals surface area contributed by atoms with Gasteiger partial charge >= 0.3 is 0 Å². The Bertz CT molecular complexity index is 1570. The predicted octanol–water partition coefficient (Wildman–Crippen LogP) is 5.93. The molecule has 1 atom stereocenters. The zero-order valence-electron chi connectivity index (χ0n) is 18.3. The van der Waals surface area contributed by atoms with E-state index in [0.29, 0.717) is 38.6 Å². The topological polar surface area (TPSA) is 87.7 Å². The number of halogens is 2. The summed E-state index contributed by atoms with van der Waals surface area (Å²) < 4.78 is 41.7. The molecule has 1 unspecified atom stereocenters. The van der Waals surface area contributed by atoms with Crippen LogP contribution in [0, 0.1) is 5.82 Å². The lowest BCUT2D eigenvalue weighted by molar-refractivity contribution is 0.589. The van der Waals surface area contributed by atoms with Crippen LogP contribution in [0.2, 0.25) is 5.02 Å². The van der Waals surface area contributed by atoms with Gasteiger partial charge in [0.2, 0.25) is 0 Å². The van der Waals surface area contributed by atoms with E-state index in [0.717, 1.165) is 0 Å². The van der Waals surface area contributed by atoms with E-state index in [9.17, 15) is 12.8 Å². The van der Waals surface area contributed by atoms with E-state index in [1.165, 1.54) is 12.3 Å². The highest BCUT2D eigenvalue weighted by molar-refractivity contribution is 7.92. The Morgan fingerprint density at radius 2 is 1.80 bits per heavy atom. The van der Waals surface area contributed by atoms with Crippen molar-refractivity contribution in [3.05, 3.63) is 119 Å². The molecule has 2 N–H and O–H groups in total. The van der Waals surface area contributed by atoms with E-state index in [1.807, 2.05) is 6.07 Å². The number of aromatic amines is 1. The van der Waals surface area contributed by atoms with Crippen LogP contribution in [0.1, 0.15) is 21.9 Å². The molecule has 0 aliphatic rings. The highest BCUT2D eigenvalue weighted by atomic mass is 35.5. The average Bonchev–Trinajstić information content (AvgIpc) is 3.29. The van der Waals surface area contributed by atoms with Crippen molar-refractivity contribution in [2.45, 2.75) is 16.7 Å². The monoisotopic (exact) mass is 506 g/mol. The number of rotatable bonds is 7. The highest BCUT2D eigenvalue weighted by Gasteiger charge is 2.33. The number of hydrogen-bond donors (Lipinski definition) is 2. The summed E-state index contributed by atoms with van der Waals surface area (Å²) >= 11 is 6.10. The fourth-order valence-corrected chi connectivity index (χ4v) is 6.08. The van der Waals surface area contributed by atoms with Crippen LogP contribution in [0.3, 0.4) is 0 Å². The van der Waals surface area contributed by atoms with E-state index in [2.05, 4.69) is 20.3 Å². The van der Waals surface area contributed by atoms with Crippen LogP contribution >= 0.6 is 11.6 Å². The molecule has 6 nitrogen and oxygen atoms in total. The molecule has 0 aliphatic heterocycles. The van der Waals surface area contributed by atoms with Gasteiger partial charge in [-0.05, 0) is 48.0 Å². The molecule has 176 valence electrons. The molecule has 0 amide bonds. The quantitative estimate of drug-likeness (QED) is 0.286. The number of pyridine rings is 2. The second-order valence-corrected chi connectivity index (χ2v) is 10.4. The number of nitrogens with zero attached hydrogens (tertiary/aromatic N) is 2. The van der Waals surface area contributed by atoms with Crippen LogP contribution in [-0.4, -0.2) is 23.4 Å². The summed E-state index contributed by atoms with van der Waals surface area (Å²) in [6, 6.07) is 19.8. The lowest BCUT2D eigenvalue weighted by atomic mass is 10.1. The van der Waals surface area contributed by atoms with Gasteiger partial charge in [0, 0.05) is 46.7 Å². The van der Waals surface area contributed by atoms with Crippen LogP contribution in [-0.2, 0) is 16.4 Å². The van der Waals surface area contributed by atoms with Gasteiger partial charge in [0.25, 0.3) is 0 Å². The first-order valence-electron chi connectivity index (χ1n) is 10.8. The average molecular weight is 507 g/mol. The van der Waals surface area contributed by atoms with Gasteiger partial charge in [-0.25, -0.2) is 22.8 Å². The second kappa shape index (κ2) is 9.48. The van der Waals surface area contributed by atoms with Gasteiger partial charge in [-0.1, -0.05) is 41.9 Å². The van der Waals surface area contributed by atoms with E-state index in [1.54, 1.807) is 73.1 Å². The van der Waals surface area contributed by atoms with Gasteiger partial charge in [-0.15, -0.1) is 0 Å². The first kappa shape index (κ1) is 23.0.